The summed E-state index contributed by atoms with van der Waals surface area (Å²) in [4.78, 5) is 32.1. The first-order valence-corrected chi connectivity index (χ1v) is 15.0. The summed E-state index contributed by atoms with van der Waals surface area (Å²) >= 11 is 0. The fourth-order valence-corrected chi connectivity index (χ4v) is 6.09. The van der Waals surface area contributed by atoms with Crippen molar-refractivity contribution in [1.82, 2.24) is 14.9 Å². The fourth-order valence-electron chi connectivity index (χ4n) is 6.09. The van der Waals surface area contributed by atoms with Gasteiger partial charge in [-0.15, -0.1) is 0 Å². The molecule has 4 aromatic rings. The molecule has 2 aliphatic heterocycles. The van der Waals surface area contributed by atoms with Gasteiger partial charge < -0.3 is 25.2 Å². The van der Waals surface area contributed by atoms with E-state index < -0.39 is 0 Å². The van der Waals surface area contributed by atoms with Crippen molar-refractivity contribution < 1.29 is 14.4 Å². The maximum absolute atomic E-state index is 12.4. The van der Waals surface area contributed by atoms with Gasteiger partial charge in [-0.2, -0.15) is 0 Å². The molecule has 1 amide bonds. The number of ether oxygens (including phenoxy) is 1. The first-order chi connectivity index (χ1) is 21.4. The second kappa shape index (κ2) is 12.9. The minimum atomic E-state index is -0.277. The number of nitrogens with one attached hydrogen (secondary N) is 2. The fraction of sp³-hybridized carbons (Fsp3) is 0.324. The molecule has 3 heterocycles. The second-order valence-electron chi connectivity index (χ2n) is 11.4. The number of carbonyl (C=O) groups excluding carboxylic acids is 1. The Morgan fingerprint density at radius 3 is 2.57 bits per heavy atom. The van der Waals surface area contributed by atoms with E-state index in [1.54, 1.807) is 7.11 Å². The van der Waals surface area contributed by atoms with Crippen LogP contribution in [-0.2, 0) is 9.63 Å². The molecule has 1 unspecified atom stereocenters. The van der Waals surface area contributed by atoms with Gasteiger partial charge in [-0.1, -0.05) is 43.0 Å². The predicted octanol–water partition coefficient (Wildman–Crippen LogP) is 5.92. The van der Waals surface area contributed by atoms with Gasteiger partial charge in [0.25, 0.3) is 0 Å². The molecule has 6 rings (SSSR count). The van der Waals surface area contributed by atoms with E-state index in [0.717, 1.165) is 38.0 Å². The summed E-state index contributed by atoms with van der Waals surface area (Å²) in [5, 5.41) is 10.6. The van der Waals surface area contributed by atoms with Crippen LogP contribution in [0.5, 0.6) is 5.75 Å². The zero-order valence-electron chi connectivity index (χ0n) is 25.5. The van der Waals surface area contributed by atoms with Crippen LogP contribution in [0.15, 0.2) is 79.6 Å². The van der Waals surface area contributed by atoms with Crippen LogP contribution in [0, 0.1) is 0 Å². The summed E-state index contributed by atoms with van der Waals surface area (Å²) in [6.07, 6.45) is 5.71. The van der Waals surface area contributed by atoms with Gasteiger partial charge in [0, 0.05) is 37.7 Å². The first kappa shape index (κ1) is 29.4. The number of carbonyl (C=O) groups is 1. The smallest absolute Gasteiger partial charge is 0.247 e. The zero-order valence-corrected chi connectivity index (χ0v) is 25.5. The van der Waals surface area contributed by atoms with Crippen LogP contribution in [-0.4, -0.2) is 67.7 Å². The van der Waals surface area contributed by atoms with Gasteiger partial charge in [0.05, 0.1) is 36.8 Å². The molecule has 0 aliphatic carbocycles. The zero-order chi connectivity index (χ0) is 30.6. The summed E-state index contributed by atoms with van der Waals surface area (Å²) in [6.45, 7) is 5.98. The number of aromatic nitrogens is 2. The lowest BCUT2D eigenvalue weighted by molar-refractivity contribution is -0.111. The lowest BCUT2D eigenvalue weighted by Crippen LogP contribution is -2.42. The van der Waals surface area contributed by atoms with Crippen molar-refractivity contribution in [2.45, 2.75) is 31.3 Å². The number of benzene rings is 3. The number of fused-ring (bicyclic) bond motifs is 1. The lowest BCUT2D eigenvalue weighted by Gasteiger charge is -2.37. The number of amides is 1. The molecule has 1 atom stereocenters. The highest BCUT2D eigenvalue weighted by Crippen LogP contribution is 2.40. The Hall–Kier alpha value is -4.67. The van der Waals surface area contributed by atoms with E-state index >= 15 is 0 Å². The van der Waals surface area contributed by atoms with Gasteiger partial charge in [0.2, 0.25) is 5.91 Å². The van der Waals surface area contributed by atoms with Crippen molar-refractivity contribution >= 4 is 45.4 Å². The van der Waals surface area contributed by atoms with Gasteiger partial charge in [-0.05, 0) is 61.5 Å². The minimum absolute atomic E-state index is 0.0218. The van der Waals surface area contributed by atoms with Crippen LogP contribution < -0.4 is 25.3 Å². The first-order valence-electron chi connectivity index (χ1n) is 15.0. The SMILES string of the molecule is C=CC(=O)Nc1cc(Nc2cc(N3OCCC3c3ccc4ccccc4c3)ncn2)c(OC)cc1N1CCC(N(C)C)CC1. The molecule has 0 radical (unpaired) electrons. The van der Waals surface area contributed by atoms with E-state index in [0.29, 0.717) is 41.4 Å². The predicted molar refractivity (Wildman–Crippen MR) is 176 cm³/mol. The van der Waals surface area contributed by atoms with Gasteiger partial charge >= 0.3 is 0 Å². The Morgan fingerprint density at radius 2 is 1.82 bits per heavy atom. The van der Waals surface area contributed by atoms with E-state index in [2.05, 4.69) is 93.5 Å². The summed E-state index contributed by atoms with van der Waals surface area (Å²) in [5.74, 6) is 1.58. The number of methoxy groups -OCH3 is 1. The maximum Gasteiger partial charge on any atom is 0.247 e. The van der Waals surface area contributed by atoms with Gasteiger partial charge in [0.1, 0.15) is 17.9 Å². The van der Waals surface area contributed by atoms with E-state index in [4.69, 9.17) is 9.57 Å². The Morgan fingerprint density at radius 1 is 1.02 bits per heavy atom. The molecule has 2 saturated heterocycles. The number of nitrogens with zero attached hydrogens (tertiary/aromatic N) is 5. The number of anilines is 5. The lowest BCUT2D eigenvalue weighted by atomic mass is 10.0. The third-order valence-electron chi connectivity index (χ3n) is 8.50. The number of piperidine rings is 1. The van der Waals surface area contributed by atoms with Crippen LogP contribution in [0.4, 0.5) is 28.7 Å². The Balaban J connectivity index is 1.27. The average molecular weight is 594 g/mol. The molecule has 10 heteroatoms. The summed E-state index contributed by atoms with van der Waals surface area (Å²) < 4.78 is 5.83. The maximum atomic E-state index is 12.4. The minimum Gasteiger partial charge on any atom is -0.494 e. The molecule has 2 aliphatic rings. The highest BCUT2D eigenvalue weighted by molar-refractivity contribution is 6.02. The average Bonchev–Trinajstić information content (AvgIpc) is 3.55. The van der Waals surface area contributed by atoms with E-state index in [-0.39, 0.29) is 11.9 Å². The van der Waals surface area contributed by atoms with Crippen molar-refractivity contribution in [3.8, 4) is 5.75 Å². The van der Waals surface area contributed by atoms with Crippen LogP contribution in [0.3, 0.4) is 0 Å². The molecule has 44 heavy (non-hydrogen) atoms. The third kappa shape index (κ3) is 6.17. The van der Waals surface area contributed by atoms with Crippen LogP contribution in [0.1, 0.15) is 30.9 Å². The van der Waals surface area contributed by atoms with Crippen molar-refractivity contribution in [3.05, 3.63) is 85.2 Å². The molecular formula is C34H39N7O3. The molecule has 3 aromatic carbocycles. The van der Waals surface area contributed by atoms with Crippen molar-refractivity contribution in [2.24, 2.45) is 0 Å². The Kier molecular flexibility index (Phi) is 8.63. The third-order valence-corrected chi connectivity index (χ3v) is 8.50. The Bertz CT molecular complexity index is 1650. The summed E-state index contributed by atoms with van der Waals surface area (Å²) in [7, 11) is 5.89. The van der Waals surface area contributed by atoms with E-state index in [1.165, 1.54) is 28.7 Å². The van der Waals surface area contributed by atoms with Crippen LogP contribution in [0.2, 0.25) is 0 Å². The largest absolute Gasteiger partial charge is 0.494 e. The molecular weight excluding hydrogens is 554 g/mol. The monoisotopic (exact) mass is 593 g/mol. The van der Waals surface area contributed by atoms with Crippen molar-refractivity contribution in [2.75, 3.05) is 61.5 Å². The molecule has 0 saturated carbocycles. The molecule has 1 aromatic heterocycles. The van der Waals surface area contributed by atoms with Crippen LogP contribution in [0.25, 0.3) is 10.8 Å². The normalized spacial score (nSPS) is 17.2. The Labute approximate surface area is 258 Å². The quantitative estimate of drug-likeness (QED) is 0.229. The van der Waals surface area contributed by atoms with E-state index in [9.17, 15) is 4.79 Å². The summed E-state index contributed by atoms with van der Waals surface area (Å²) in [6, 6.07) is 21.2. The molecule has 0 bridgehead atoms. The standard InChI is InChI=1S/C34H39N7O3/c1-5-34(42)38-27-19-28(31(43-4)20-30(27)40-15-12-26(13-16-40)39(2)3)37-32-21-33(36-22-35-32)41-29(14-17-44-41)25-11-10-23-8-6-7-9-24(23)18-25/h5-11,18-22,26,29H,1,12-17H2,2-4H3,(H,38,42)(H,35,36,37). The van der Waals surface area contributed by atoms with Crippen molar-refractivity contribution in [1.29, 1.82) is 0 Å². The number of hydrogen-bond donors (Lipinski definition) is 2. The van der Waals surface area contributed by atoms with E-state index in [1.807, 2.05) is 23.3 Å². The molecule has 228 valence electrons. The second-order valence-corrected chi connectivity index (χ2v) is 11.4. The highest BCUT2D eigenvalue weighted by atomic mass is 16.7. The van der Waals surface area contributed by atoms with Gasteiger partial charge in [-0.25, -0.2) is 15.0 Å². The van der Waals surface area contributed by atoms with Gasteiger partial charge in [-0.3, -0.25) is 9.63 Å². The summed E-state index contributed by atoms with van der Waals surface area (Å²) in [5.41, 5.74) is 3.42. The molecule has 0 spiro atoms. The topological polar surface area (TPSA) is 95.1 Å². The molecule has 2 N–H and O–H groups in total. The molecule has 10 nitrogen and oxygen atoms in total. The van der Waals surface area contributed by atoms with Gasteiger partial charge in [0.15, 0.2) is 5.82 Å². The van der Waals surface area contributed by atoms with Crippen molar-refractivity contribution in [3.63, 3.8) is 0 Å². The van der Waals surface area contributed by atoms with Crippen LogP contribution >= 0.6 is 0 Å². The highest BCUT2D eigenvalue weighted by Gasteiger charge is 2.30. The number of hydrogen-bond acceptors (Lipinski definition) is 9. The number of rotatable bonds is 9. The molecule has 2 fully saturated rings. The number of hydroxylamine groups is 1.